The Morgan fingerprint density at radius 1 is 0.619 bits per heavy atom. The van der Waals surface area contributed by atoms with E-state index in [1.165, 1.54) is 122 Å². The third-order valence-corrected chi connectivity index (χ3v) is 8.66. The molecule has 0 aliphatic heterocycles. The standard InChI is InChI=1S/C35H67NO5S/c1-3-5-7-9-11-13-15-17-19-21-23-25-27-29-31-35(38)36-33(32-42(39,40)41)34(37)30-28-26-24-22-20-18-16-14-12-10-8-6-4-2/h20,22,28,30,33-34,37H,3-19,21,23-27,29,31-32H2,1-2H3,(H,36,38)(H,39,40,41)/b22-20+,30-28+. The molecule has 2 unspecified atom stereocenters. The Labute approximate surface area is 260 Å². The minimum absolute atomic E-state index is 0.289. The highest BCUT2D eigenvalue weighted by Gasteiger charge is 2.24. The summed E-state index contributed by atoms with van der Waals surface area (Å²) >= 11 is 0. The van der Waals surface area contributed by atoms with E-state index >= 15 is 0 Å². The molecule has 0 aliphatic rings. The van der Waals surface area contributed by atoms with Gasteiger partial charge in [-0.1, -0.05) is 160 Å². The van der Waals surface area contributed by atoms with Crippen LogP contribution in [0.4, 0.5) is 0 Å². The van der Waals surface area contributed by atoms with E-state index < -0.39 is 28.0 Å². The molecule has 0 saturated heterocycles. The number of aliphatic hydroxyl groups excluding tert-OH is 1. The monoisotopic (exact) mass is 613 g/mol. The predicted molar refractivity (Wildman–Crippen MR) is 179 cm³/mol. The smallest absolute Gasteiger partial charge is 0.267 e. The van der Waals surface area contributed by atoms with Crippen LogP contribution < -0.4 is 5.32 Å². The Bertz CT molecular complexity index is 765. The summed E-state index contributed by atoms with van der Waals surface area (Å²) in [6.45, 7) is 4.49. The summed E-state index contributed by atoms with van der Waals surface area (Å²) in [5, 5.41) is 13.1. The van der Waals surface area contributed by atoms with Crippen LogP contribution in [0.25, 0.3) is 0 Å². The van der Waals surface area contributed by atoms with Crippen molar-refractivity contribution in [2.24, 2.45) is 0 Å². The van der Waals surface area contributed by atoms with E-state index in [1.807, 2.05) is 0 Å². The molecule has 0 aromatic carbocycles. The average molecular weight is 614 g/mol. The lowest BCUT2D eigenvalue weighted by Gasteiger charge is -2.21. The van der Waals surface area contributed by atoms with Crippen LogP contribution in [-0.2, 0) is 14.9 Å². The number of nitrogens with one attached hydrogen (secondary N) is 1. The van der Waals surface area contributed by atoms with Crippen molar-refractivity contribution in [2.45, 2.75) is 187 Å². The zero-order valence-corrected chi connectivity index (χ0v) is 28.2. The van der Waals surface area contributed by atoms with Crippen molar-refractivity contribution in [2.75, 3.05) is 5.75 Å². The van der Waals surface area contributed by atoms with Gasteiger partial charge in [0.2, 0.25) is 5.91 Å². The maximum atomic E-state index is 12.4. The van der Waals surface area contributed by atoms with Crippen LogP contribution in [0.15, 0.2) is 24.3 Å². The first-order valence-electron chi connectivity index (χ1n) is 17.5. The van der Waals surface area contributed by atoms with Crippen molar-refractivity contribution in [1.82, 2.24) is 5.32 Å². The number of unbranched alkanes of at least 4 members (excludes halogenated alkanes) is 21. The van der Waals surface area contributed by atoms with Gasteiger partial charge in [-0.15, -0.1) is 0 Å². The van der Waals surface area contributed by atoms with Gasteiger partial charge in [0.25, 0.3) is 10.1 Å². The van der Waals surface area contributed by atoms with Crippen LogP contribution in [-0.4, -0.2) is 41.9 Å². The molecular formula is C35H67NO5S. The van der Waals surface area contributed by atoms with Crippen LogP contribution in [0.3, 0.4) is 0 Å². The molecule has 0 aromatic rings. The molecule has 1 amide bonds. The SMILES string of the molecule is CCCCCCCCC/C=C/CC/C=C/C(O)C(CS(=O)(=O)O)NC(=O)CCCCCCCCCCCCCCCC. The molecule has 42 heavy (non-hydrogen) atoms. The van der Waals surface area contributed by atoms with Gasteiger partial charge in [-0.2, -0.15) is 8.42 Å². The number of hydrogen-bond donors (Lipinski definition) is 3. The van der Waals surface area contributed by atoms with Gasteiger partial charge in [0.1, 0.15) is 0 Å². The van der Waals surface area contributed by atoms with Crippen molar-refractivity contribution in [1.29, 1.82) is 0 Å². The molecule has 0 radical (unpaired) electrons. The molecule has 2 atom stereocenters. The lowest BCUT2D eigenvalue weighted by Crippen LogP contribution is -2.46. The number of carbonyl (C=O) groups excluding carboxylic acids is 1. The minimum Gasteiger partial charge on any atom is -0.387 e. The second-order valence-electron chi connectivity index (χ2n) is 12.1. The minimum atomic E-state index is -4.34. The van der Waals surface area contributed by atoms with E-state index in [1.54, 1.807) is 6.08 Å². The number of rotatable bonds is 31. The predicted octanol–water partition coefficient (Wildman–Crippen LogP) is 9.62. The van der Waals surface area contributed by atoms with Gasteiger partial charge >= 0.3 is 0 Å². The van der Waals surface area contributed by atoms with Gasteiger partial charge < -0.3 is 10.4 Å². The molecule has 0 fully saturated rings. The normalized spacial score (nSPS) is 13.7. The third-order valence-electron chi connectivity index (χ3n) is 7.88. The molecule has 6 nitrogen and oxygen atoms in total. The molecule has 0 aliphatic carbocycles. The molecule has 0 aromatic heterocycles. The largest absolute Gasteiger partial charge is 0.387 e. The molecule has 0 rings (SSSR count). The summed E-state index contributed by atoms with van der Waals surface area (Å²) in [6.07, 6.45) is 35.9. The van der Waals surface area contributed by atoms with Crippen molar-refractivity contribution in [3.05, 3.63) is 24.3 Å². The second kappa shape index (κ2) is 29.9. The molecule has 7 heteroatoms. The summed E-state index contributed by atoms with van der Waals surface area (Å²) in [5.41, 5.74) is 0. The number of amides is 1. The van der Waals surface area contributed by atoms with Gasteiger partial charge in [0.05, 0.1) is 17.9 Å². The van der Waals surface area contributed by atoms with Crippen LogP contribution in [0.2, 0.25) is 0 Å². The van der Waals surface area contributed by atoms with E-state index in [-0.39, 0.29) is 5.91 Å². The average Bonchev–Trinajstić information content (AvgIpc) is 2.94. The van der Waals surface area contributed by atoms with Crippen LogP contribution in [0.5, 0.6) is 0 Å². The lowest BCUT2D eigenvalue weighted by molar-refractivity contribution is -0.122. The highest BCUT2D eigenvalue weighted by molar-refractivity contribution is 7.85. The molecule has 0 bridgehead atoms. The third kappa shape index (κ3) is 30.3. The van der Waals surface area contributed by atoms with Crippen molar-refractivity contribution in [3.8, 4) is 0 Å². The Kier molecular flexibility index (Phi) is 29.0. The van der Waals surface area contributed by atoms with Gasteiger partial charge in [-0.05, 0) is 32.1 Å². The quantitative estimate of drug-likeness (QED) is 0.0410. The van der Waals surface area contributed by atoms with Crippen molar-refractivity contribution in [3.63, 3.8) is 0 Å². The maximum absolute atomic E-state index is 12.4. The van der Waals surface area contributed by atoms with E-state index in [4.69, 9.17) is 0 Å². The maximum Gasteiger partial charge on any atom is 0.267 e. The van der Waals surface area contributed by atoms with E-state index in [2.05, 4.69) is 31.3 Å². The fourth-order valence-electron chi connectivity index (χ4n) is 5.23. The van der Waals surface area contributed by atoms with E-state index in [9.17, 15) is 22.9 Å². The second-order valence-corrected chi connectivity index (χ2v) is 13.6. The van der Waals surface area contributed by atoms with E-state index in [0.717, 1.165) is 38.5 Å². The Morgan fingerprint density at radius 2 is 1.02 bits per heavy atom. The lowest BCUT2D eigenvalue weighted by atomic mass is 10.0. The molecule has 0 spiro atoms. The van der Waals surface area contributed by atoms with E-state index in [0.29, 0.717) is 6.42 Å². The summed E-state index contributed by atoms with van der Waals surface area (Å²) < 4.78 is 32.3. The van der Waals surface area contributed by atoms with Crippen LogP contribution in [0, 0.1) is 0 Å². The first-order valence-corrected chi connectivity index (χ1v) is 19.1. The number of aliphatic hydroxyl groups is 1. The first kappa shape index (κ1) is 40.8. The van der Waals surface area contributed by atoms with Crippen molar-refractivity contribution >= 4 is 16.0 Å². The summed E-state index contributed by atoms with van der Waals surface area (Å²) in [6, 6.07) is -1.07. The van der Waals surface area contributed by atoms with Gasteiger partial charge in [-0.3, -0.25) is 9.35 Å². The first-order chi connectivity index (χ1) is 20.3. The highest BCUT2D eigenvalue weighted by Crippen LogP contribution is 2.14. The number of hydrogen-bond acceptors (Lipinski definition) is 4. The summed E-state index contributed by atoms with van der Waals surface area (Å²) in [5.74, 6) is -0.996. The summed E-state index contributed by atoms with van der Waals surface area (Å²) in [4.78, 5) is 12.4. The van der Waals surface area contributed by atoms with Gasteiger partial charge in [-0.25, -0.2) is 0 Å². The molecule has 0 heterocycles. The Balaban J connectivity index is 4.05. The van der Waals surface area contributed by atoms with Crippen LogP contribution in [0.1, 0.15) is 174 Å². The fraction of sp³-hybridized carbons (Fsp3) is 0.857. The zero-order valence-electron chi connectivity index (χ0n) is 27.4. The zero-order chi connectivity index (χ0) is 31.2. The molecule has 248 valence electrons. The summed E-state index contributed by atoms with van der Waals surface area (Å²) in [7, 11) is -4.34. The van der Waals surface area contributed by atoms with Gasteiger partial charge in [0.15, 0.2) is 0 Å². The molecule has 3 N–H and O–H groups in total. The van der Waals surface area contributed by atoms with Crippen molar-refractivity contribution < 1.29 is 22.9 Å². The Hall–Kier alpha value is -1.18. The topological polar surface area (TPSA) is 104 Å². The van der Waals surface area contributed by atoms with Gasteiger partial charge in [0, 0.05) is 6.42 Å². The highest BCUT2D eigenvalue weighted by atomic mass is 32.2. The number of allylic oxidation sites excluding steroid dienone is 3. The fourth-order valence-corrected chi connectivity index (χ4v) is 5.96. The molecular weight excluding hydrogens is 546 g/mol. The number of carbonyl (C=O) groups is 1. The Morgan fingerprint density at radius 3 is 1.50 bits per heavy atom. The molecule has 0 saturated carbocycles. The van der Waals surface area contributed by atoms with Crippen LogP contribution >= 0.6 is 0 Å².